The van der Waals surface area contributed by atoms with Crippen molar-refractivity contribution in [3.8, 4) is 0 Å². The third-order valence-electron chi connectivity index (χ3n) is 4.43. The zero-order chi connectivity index (χ0) is 13.8. The van der Waals surface area contributed by atoms with Gasteiger partial charge in [0.25, 0.3) is 0 Å². The summed E-state index contributed by atoms with van der Waals surface area (Å²) in [7, 11) is 0. The van der Waals surface area contributed by atoms with Crippen LogP contribution in [0.15, 0.2) is 0 Å². The van der Waals surface area contributed by atoms with Crippen molar-refractivity contribution < 1.29 is 4.79 Å². The van der Waals surface area contributed by atoms with Crippen molar-refractivity contribution in [3.63, 3.8) is 0 Å². The summed E-state index contributed by atoms with van der Waals surface area (Å²) in [6, 6.07) is 0.854. The van der Waals surface area contributed by atoms with Crippen molar-refractivity contribution in [2.75, 3.05) is 19.6 Å². The lowest BCUT2D eigenvalue weighted by atomic mass is 10.1. The Hall–Kier alpha value is -0.610. The Kier molecular flexibility index (Phi) is 5.22. The van der Waals surface area contributed by atoms with E-state index >= 15 is 0 Å². The highest BCUT2D eigenvalue weighted by Crippen LogP contribution is 2.26. The molecule has 0 bridgehead atoms. The van der Waals surface area contributed by atoms with Gasteiger partial charge >= 0.3 is 0 Å². The SMILES string of the molecule is CCCCC1NC(C)N(CCN(CC)C2CC2)C1=O. The number of hydrogen-bond donors (Lipinski definition) is 1. The van der Waals surface area contributed by atoms with E-state index in [1.54, 1.807) is 0 Å². The van der Waals surface area contributed by atoms with Crippen molar-refractivity contribution in [2.45, 2.75) is 71.1 Å². The number of carbonyl (C=O) groups excluding carboxylic acids is 1. The Morgan fingerprint density at radius 3 is 2.68 bits per heavy atom. The van der Waals surface area contributed by atoms with Gasteiger partial charge in [-0.05, 0) is 32.7 Å². The third kappa shape index (κ3) is 3.69. The van der Waals surface area contributed by atoms with Crippen LogP contribution >= 0.6 is 0 Å². The lowest BCUT2D eigenvalue weighted by Crippen LogP contribution is -2.41. The minimum atomic E-state index is 0.0611. The van der Waals surface area contributed by atoms with Gasteiger partial charge in [0.1, 0.15) is 0 Å². The summed E-state index contributed by atoms with van der Waals surface area (Å²) >= 11 is 0. The van der Waals surface area contributed by atoms with Crippen molar-refractivity contribution in [1.82, 2.24) is 15.1 Å². The van der Waals surface area contributed by atoms with Crippen molar-refractivity contribution in [2.24, 2.45) is 0 Å². The van der Waals surface area contributed by atoms with Gasteiger partial charge < -0.3 is 4.90 Å². The van der Waals surface area contributed by atoms with Crippen LogP contribution in [0.1, 0.15) is 52.9 Å². The van der Waals surface area contributed by atoms with E-state index in [1.807, 2.05) is 4.90 Å². The highest BCUT2D eigenvalue weighted by atomic mass is 16.2. The van der Waals surface area contributed by atoms with Crippen LogP contribution in [-0.2, 0) is 4.79 Å². The molecule has 2 unspecified atom stereocenters. The Morgan fingerprint density at radius 1 is 1.37 bits per heavy atom. The van der Waals surface area contributed by atoms with Crippen molar-refractivity contribution >= 4 is 5.91 Å². The molecule has 1 heterocycles. The summed E-state index contributed by atoms with van der Waals surface area (Å²) in [5.74, 6) is 0.313. The lowest BCUT2D eigenvalue weighted by molar-refractivity contribution is -0.130. The number of amides is 1. The van der Waals surface area contributed by atoms with Gasteiger partial charge in [0.05, 0.1) is 12.2 Å². The molecule has 0 radical (unpaired) electrons. The normalized spacial score (nSPS) is 27.6. The summed E-state index contributed by atoms with van der Waals surface area (Å²) in [6.45, 7) is 9.51. The van der Waals surface area contributed by atoms with Crippen molar-refractivity contribution in [3.05, 3.63) is 0 Å². The number of nitrogens with zero attached hydrogens (tertiary/aromatic N) is 2. The van der Waals surface area contributed by atoms with E-state index in [4.69, 9.17) is 0 Å². The summed E-state index contributed by atoms with van der Waals surface area (Å²) in [5.41, 5.74) is 0. The van der Waals surface area contributed by atoms with Gasteiger partial charge in [0, 0.05) is 19.1 Å². The van der Waals surface area contributed by atoms with Crippen molar-refractivity contribution in [1.29, 1.82) is 0 Å². The van der Waals surface area contributed by atoms with Gasteiger partial charge in [0.2, 0.25) is 5.91 Å². The van der Waals surface area contributed by atoms with E-state index in [-0.39, 0.29) is 12.2 Å². The van der Waals surface area contributed by atoms with Crippen LogP contribution in [0, 0.1) is 0 Å². The van der Waals surface area contributed by atoms with E-state index in [2.05, 4.69) is 31.0 Å². The first kappa shape index (κ1) is 14.8. The molecule has 4 nitrogen and oxygen atoms in total. The van der Waals surface area contributed by atoms with Gasteiger partial charge in [-0.1, -0.05) is 26.7 Å². The molecule has 1 saturated heterocycles. The number of carbonyl (C=O) groups is 1. The monoisotopic (exact) mass is 267 g/mol. The highest BCUT2D eigenvalue weighted by molar-refractivity contribution is 5.84. The molecule has 1 amide bonds. The molecule has 1 N–H and O–H groups in total. The van der Waals surface area contributed by atoms with E-state index in [0.717, 1.165) is 44.9 Å². The summed E-state index contributed by atoms with van der Waals surface area (Å²) in [4.78, 5) is 16.9. The average Bonchev–Trinajstić information content (AvgIpc) is 3.19. The maximum atomic E-state index is 12.4. The molecular formula is C15H29N3O. The van der Waals surface area contributed by atoms with Crippen LogP contribution in [-0.4, -0.2) is 53.6 Å². The minimum Gasteiger partial charge on any atom is -0.325 e. The van der Waals surface area contributed by atoms with Crippen LogP contribution < -0.4 is 5.32 Å². The second kappa shape index (κ2) is 6.71. The van der Waals surface area contributed by atoms with Gasteiger partial charge in [0.15, 0.2) is 0 Å². The smallest absolute Gasteiger partial charge is 0.241 e. The quantitative estimate of drug-likeness (QED) is 0.728. The van der Waals surface area contributed by atoms with Gasteiger partial charge in [-0.3, -0.25) is 15.0 Å². The van der Waals surface area contributed by atoms with Crippen LogP contribution in [0.3, 0.4) is 0 Å². The molecule has 0 aromatic heterocycles. The topological polar surface area (TPSA) is 35.6 Å². The highest BCUT2D eigenvalue weighted by Gasteiger charge is 2.36. The largest absolute Gasteiger partial charge is 0.325 e. The lowest BCUT2D eigenvalue weighted by Gasteiger charge is -2.26. The first-order valence-corrected chi connectivity index (χ1v) is 7.98. The second-order valence-electron chi connectivity index (χ2n) is 5.93. The molecule has 4 heteroatoms. The molecule has 110 valence electrons. The zero-order valence-electron chi connectivity index (χ0n) is 12.7. The van der Waals surface area contributed by atoms with E-state index in [9.17, 15) is 4.79 Å². The summed E-state index contributed by atoms with van der Waals surface area (Å²) in [5, 5.41) is 3.43. The molecule has 2 rings (SSSR count). The molecule has 0 aromatic rings. The number of unbranched alkanes of at least 4 members (excludes halogenated alkanes) is 1. The first-order chi connectivity index (χ1) is 9.17. The zero-order valence-corrected chi connectivity index (χ0v) is 12.7. The fraction of sp³-hybridized carbons (Fsp3) is 0.933. The van der Waals surface area contributed by atoms with E-state index < -0.39 is 0 Å². The van der Waals surface area contributed by atoms with Gasteiger partial charge in [-0.25, -0.2) is 0 Å². The molecule has 1 saturated carbocycles. The maximum Gasteiger partial charge on any atom is 0.241 e. The Bertz CT molecular complexity index is 304. The standard InChI is InChI=1S/C15H29N3O/c1-4-6-7-14-15(19)18(12(3)16-14)11-10-17(5-2)13-8-9-13/h12-14,16H,4-11H2,1-3H3. The van der Waals surface area contributed by atoms with Crippen LogP contribution in [0.5, 0.6) is 0 Å². The fourth-order valence-electron chi connectivity index (χ4n) is 3.04. The molecule has 0 spiro atoms. The molecule has 1 aliphatic carbocycles. The average molecular weight is 267 g/mol. The Labute approximate surface area is 117 Å². The third-order valence-corrected chi connectivity index (χ3v) is 4.43. The van der Waals surface area contributed by atoms with Gasteiger partial charge in [-0.15, -0.1) is 0 Å². The second-order valence-corrected chi connectivity index (χ2v) is 5.93. The predicted molar refractivity (Wildman–Crippen MR) is 77.9 cm³/mol. The molecule has 2 atom stereocenters. The number of hydrogen-bond acceptors (Lipinski definition) is 3. The van der Waals surface area contributed by atoms with Crippen LogP contribution in [0.2, 0.25) is 0 Å². The summed E-state index contributed by atoms with van der Waals surface area (Å²) < 4.78 is 0. The Morgan fingerprint density at radius 2 is 2.11 bits per heavy atom. The maximum absolute atomic E-state index is 12.4. The van der Waals surface area contributed by atoms with E-state index in [0.29, 0.717) is 5.91 Å². The molecule has 2 fully saturated rings. The molecule has 19 heavy (non-hydrogen) atoms. The summed E-state index contributed by atoms with van der Waals surface area (Å²) in [6.07, 6.45) is 6.16. The molecule has 0 aromatic carbocycles. The van der Waals surface area contributed by atoms with Crippen LogP contribution in [0.25, 0.3) is 0 Å². The van der Waals surface area contributed by atoms with Gasteiger partial charge in [-0.2, -0.15) is 0 Å². The number of nitrogens with one attached hydrogen (secondary N) is 1. The molecular weight excluding hydrogens is 238 g/mol. The van der Waals surface area contributed by atoms with E-state index in [1.165, 1.54) is 12.8 Å². The first-order valence-electron chi connectivity index (χ1n) is 7.98. The fourth-order valence-corrected chi connectivity index (χ4v) is 3.04. The Balaban J connectivity index is 1.80. The minimum absolute atomic E-state index is 0.0611. The van der Waals surface area contributed by atoms with Crippen LogP contribution in [0.4, 0.5) is 0 Å². The number of rotatable bonds is 8. The predicted octanol–water partition coefficient (Wildman–Crippen LogP) is 1.81. The molecule has 1 aliphatic heterocycles. The number of likely N-dealkylation sites (N-methyl/N-ethyl adjacent to an activating group) is 1. The molecule has 2 aliphatic rings.